The van der Waals surface area contributed by atoms with Crippen LogP contribution < -0.4 is 5.32 Å². The van der Waals surface area contributed by atoms with E-state index in [0.29, 0.717) is 6.54 Å². The average molecular weight is 334 g/mol. The molecule has 104 valence electrons. The smallest absolute Gasteiger partial charge is 0.335 e. The zero-order chi connectivity index (χ0) is 14.5. The van der Waals surface area contributed by atoms with Gasteiger partial charge in [-0.1, -0.05) is 47.1 Å². The van der Waals surface area contributed by atoms with Crippen molar-refractivity contribution >= 4 is 27.6 Å². The SMILES string of the molecule is CCc1ccc(CNc2cc(Br)cc(C(=O)O)c2)cc1. The summed E-state index contributed by atoms with van der Waals surface area (Å²) in [4.78, 5) is 11.0. The first kappa shape index (κ1) is 14.6. The van der Waals surface area contributed by atoms with Crippen molar-refractivity contribution in [2.45, 2.75) is 19.9 Å². The molecule has 2 rings (SSSR count). The number of halogens is 1. The largest absolute Gasteiger partial charge is 0.478 e. The van der Waals surface area contributed by atoms with Gasteiger partial charge in [0.1, 0.15) is 0 Å². The lowest BCUT2D eigenvalue weighted by Gasteiger charge is -2.09. The van der Waals surface area contributed by atoms with Crippen molar-refractivity contribution in [2.24, 2.45) is 0 Å². The Hall–Kier alpha value is -1.81. The minimum absolute atomic E-state index is 0.267. The Balaban J connectivity index is 2.08. The highest BCUT2D eigenvalue weighted by Crippen LogP contribution is 2.20. The van der Waals surface area contributed by atoms with E-state index < -0.39 is 5.97 Å². The van der Waals surface area contributed by atoms with Gasteiger partial charge in [-0.15, -0.1) is 0 Å². The van der Waals surface area contributed by atoms with E-state index in [2.05, 4.69) is 52.4 Å². The zero-order valence-corrected chi connectivity index (χ0v) is 12.8. The number of carboxylic acids is 1. The minimum Gasteiger partial charge on any atom is -0.478 e. The molecule has 0 saturated heterocycles. The Bertz CT molecular complexity index is 608. The minimum atomic E-state index is -0.929. The van der Waals surface area contributed by atoms with Gasteiger partial charge in [0.05, 0.1) is 5.56 Å². The van der Waals surface area contributed by atoms with Crippen LogP contribution in [0, 0.1) is 0 Å². The maximum atomic E-state index is 11.0. The molecule has 0 aliphatic rings. The Kier molecular flexibility index (Phi) is 4.79. The van der Waals surface area contributed by atoms with Gasteiger partial charge in [0.15, 0.2) is 0 Å². The van der Waals surface area contributed by atoms with E-state index in [-0.39, 0.29) is 5.56 Å². The highest BCUT2D eigenvalue weighted by Gasteiger charge is 2.05. The summed E-state index contributed by atoms with van der Waals surface area (Å²) in [6.07, 6.45) is 1.03. The molecule has 0 aromatic heterocycles. The number of benzene rings is 2. The van der Waals surface area contributed by atoms with Gasteiger partial charge in [0.25, 0.3) is 0 Å². The van der Waals surface area contributed by atoms with Crippen LogP contribution in [0.25, 0.3) is 0 Å². The van der Waals surface area contributed by atoms with Gasteiger partial charge in [-0.2, -0.15) is 0 Å². The second-order valence-corrected chi connectivity index (χ2v) is 5.47. The predicted octanol–water partition coefficient (Wildman–Crippen LogP) is 4.32. The lowest BCUT2D eigenvalue weighted by atomic mass is 10.1. The molecular formula is C16H16BrNO2. The number of anilines is 1. The number of hydrogen-bond acceptors (Lipinski definition) is 2. The third-order valence-corrected chi connectivity index (χ3v) is 3.53. The maximum absolute atomic E-state index is 11.0. The summed E-state index contributed by atoms with van der Waals surface area (Å²) in [6.45, 7) is 2.79. The first-order valence-electron chi connectivity index (χ1n) is 6.44. The molecule has 0 fully saturated rings. The van der Waals surface area contributed by atoms with E-state index in [9.17, 15) is 4.79 Å². The average Bonchev–Trinajstić information content (AvgIpc) is 2.45. The number of aryl methyl sites for hydroxylation is 1. The Morgan fingerprint density at radius 3 is 2.40 bits per heavy atom. The normalized spacial score (nSPS) is 10.3. The number of aromatic carboxylic acids is 1. The summed E-state index contributed by atoms with van der Waals surface area (Å²) in [5.74, 6) is -0.929. The van der Waals surface area contributed by atoms with Gasteiger partial charge in [-0.25, -0.2) is 4.79 Å². The lowest BCUT2D eigenvalue weighted by molar-refractivity contribution is 0.0697. The second-order valence-electron chi connectivity index (χ2n) is 4.56. The van der Waals surface area contributed by atoms with Gasteiger partial charge in [0.2, 0.25) is 0 Å². The van der Waals surface area contributed by atoms with Crippen molar-refractivity contribution < 1.29 is 9.90 Å². The molecule has 3 nitrogen and oxygen atoms in total. The third kappa shape index (κ3) is 3.84. The standard InChI is InChI=1S/C16H16BrNO2/c1-2-11-3-5-12(6-4-11)10-18-15-8-13(16(19)20)7-14(17)9-15/h3-9,18H,2,10H2,1H3,(H,19,20). The predicted molar refractivity (Wildman–Crippen MR) is 84.2 cm³/mol. The van der Waals surface area contributed by atoms with Crippen molar-refractivity contribution in [3.05, 3.63) is 63.6 Å². The third-order valence-electron chi connectivity index (χ3n) is 3.07. The van der Waals surface area contributed by atoms with Crippen LogP contribution in [0.1, 0.15) is 28.4 Å². The van der Waals surface area contributed by atoms with Gasteiger partial charge < -0.3 is 10.4 Å². The van der Waals surface area contributed by atoms with Crippen LogP contribution in [0.2, 0.25) is 0 Å². The fourth-order valence-corrected chi connectivity index (χ4v) is 2.41. The molecule has 0 radical (unpaired) electrons. The van der Waals surface area contributed by atoms with Crippen LogP contribution in [0.4, 0.5) is 5.69 Å². The molecule has 2 aromatic carbocycles. The van der Waals surface area contributed by atoms with E-state index >= 15 is 0 Å². The van der Waals surface area contributed by atoms with E-state index in [4.69, 9.17) is 5.11 Å². The lowest BCUT2D eigenvalue weighted by Crippen LogP contribution is -2.02. The van der Waals surface area contributed by atoms with Crippen molar-refractivity contribution in [1.82, 2.24) is 0 Å². The van der Waals surface area contributed by atoms with Gasteiger partial charge >= 0.3 is 5.97 Å². The monoisotopic (exact) mass is 333 g/mol. The quantitative estimate of drug-likeness (QED) is 0.856. The number of carboxylic acid groups (broad SMARTS) is 1. The van der Waals surface area contributed by atoms with E-state index in [0.717, 1.165) is 16.6 Å². The van der Waals surface area contributed by atoms with Gasteiger partial charge in [0, 0.05) is 16.7 Å². The topological polar surface area (TPSA) is 49.3 Å². The van der Waals surface area contributed by atoms with Gasteiger partial charge in [-0.05, 0) is 35.7 Å². The van der Waals surface area contributed by atoms with Gasteiger partial charge in [-0.3, -0.25) is 0 Å². The van der Waals surface area contributed by atoms with Crippen molar-refractivity contribution in [1.29, 1.82) is 0 Å². The van der Waals surface area contributed by atoms with E-state index in [1.54, 1.807) is 12.1 Å². The molecule has 0 heterocycles. The molecule has 0 atom stereocenters. The number of rotatable bonds is 5. The van der Waals surface area contributed by atoms with Crippen LogP contribution in [0.3, 0.4) is 0 Å². The molecule has 0 spiro atoms. The highest BCUT2D eigenvalue weighted by molar-refractivity contribution is 9.10. The van der Waals surface area contributed by atoms with Crippen LogP contribution in [0.15, 0.2) is 46.9 Å². The Labute approximate surface area is 126 Å². The molecule has 0 unspecified atom stereocenters. The van der Waals surface area contributed by atoms with E-state index in [1.165, 1.54) is 11.1 Å². The molecule has 2 aromatic rings. The van der Waals surface area contributed by atoms with Crippen LogP contribution in [-0.4, -0.2) is 11.1 Å². The molecule has 20 heavy (non-hydrogen) atoms. The molecular weight excluding hydrogens is 318 g/mol. The number of carbonyl (C=O) groups is 1. The maximum Gasteiger partial charge on any atom is 0.335 e. The Morgan fingerprint density at radius 1 is 1.15 bits per heavy atom. The fraction of sp³-hybridized carbons (Fsp3) is 0.188. The van der Waals surface area contributed by atoms with E-state index in [1.807, 2.05) is 6.07 Å². The molecule has 0 amide bonds. The summed E-state index contributed by atoms with van der Waals surface area (Å²) < 4.78 is 0.751. The summed E-state index contributed by atoms with van der Waals surface area (Å²) in [5.41, 5.74) is 3.53. The highest BCUT2D eigenvalue weighted by atomic mass is 79.9. The second kappa shape index (κ2) is 6.57. The fourth-order valence-electron chi connectivity index (χ4n) is 1.91. The van der Waals surface area contributed by atoms with Crippen molar-refractivity contribution in [2.75, 3.05) is 5.32 Å². The van der Waals surface area contributed by atoms with Crippen LogP contribution in [-0.2, 0) is 13.0 Å². The van der Waals surface area contributed by atoms with Crippen molar-refractivity contribution in [3.8, 4) is 0 Å². The Morgan fingerprint density at radius 2 is 1.80 bits per heavy atom. The molecule has 2 N–H and O–H groups in total. The summed E-state index contributed by atoms with van der Waals surface area (Å²) >= 11 is 3.32. The first-order valence-corrected chi connectivity index (χ1v) is 7.23. The molecule has 0 bridgehead atoms. The van der Waals surface area contributed by atoms with Crippen LogP contribution >= 0.6 is 15.9 Å². The first-order chi connectivity index (χ1) is 9.58. The number of nitrogens with one attached hydrogen (secondary N) is 1. The van der Waals surface area contributed by atoms with Crippen molar-refractivity contribution in [3.63, 3.8) is 0 Å². The summed E-state index contributed by atoms with van der Waals surface area (Å²) in [7, 11) is 0. The number of hydrogen-bond donors (Lipinski definition) is 2. The molecule has 0 aliphatic heterocycles. The molecule has 4 heteroatoms. The molecule has 0 aliphatic carbocycles. The summed E-state index contributed by atoms with van der Waals surface area (Å²) in [6, 6.07) is 13.5. The van der Waals surface area contributed by atoms with Crippen LogP contribution in [0.5, 0.6) is 0 Å². The zero-order valence-electron chi connectivity index (χ0n) is 11.2. The summed E-state index contributed by atoms with van der Waals surface area (Å²) in [5, 5.41) is 12.3. The molecule has 0 saturated carbocycles.